The standard InChI is InChI=1S/C18H25ClN4O/c1-12(2)22(4)11-15-8-6-7-14(9-15)10-20-18(24)16-13(3)21-23(5)17(16)19/h6-9,12H,10-11H2,1-5H3,(H,20,24). The number of hydrogen-bond acceptors (Lipinski definition) is 3. The predicted octanol–water partition coefficient (Wildman–Crippen LogP) is 3.15. The van der Waals surface area contributed by atoms with Crippen LogP contribution in [-0.2, 0) is 20.1 Å². The second-order valence-electron chi connectivity index (χ2n) is 6.39. The van der Waals surface area contributed by atoms with Crippen molar-refractivity contribution in [3.8, 4) is 0 Å². The number of rotatable bonds is 6. The highest BCUT2D eigenvalue weighted by Crippen LogP contribution is 2.18. The molecule has 1 amide bonds. The van der Waals surface area contributed by atoms with E-state index in [0.717, 1.165) is 12.1 Å². The lowest BCUT2D eigenvalue weighted by Crippen LogP contribution is -2.26. The van der Waals surface area contributed by atoms with Gasteiger partial charge in [0, 0.05) is 26.2 Å². The highest BCUT2D eigenvalue weighted by atomic mass is 35.5. The first-order chi connectivity index (χ1) is 11.3. The van der Waals surface area contributed by atoms with Crippen LogP contribution in [0, 0.1) is 6.92 Å². The normalized spacial score (nSPS) is 11.3. The van der Waals surface area contributed by atoms with Crippen LogP contribution in [0.2, 0.25) is 5.15 Å². The lowest BCUT2D eigenvalue weighted by Gasteiger charge is -2.21. The average molecular weight is 349 g/mol. The summed E-state index contributed by atoms with van der Waals surface area (Å²) in [4.78, 5) is 14.6. The molecule has 1 heterocycles. The molecule has 2 aromatic rings. The van der Waals surface area contributed by atoms with Crippen LogP contribution in [0.15, 0.2) is 24.3 Å². The Labute approximate surface area is 148 Å². The van der Waals surface area contributed by atoms with Gasteiger partial charge in [0.1, 0.15) is 5.15 Å². The molecule has 0 aliphatic rings. The zero-order chi connectivity index (χ0) is 17.9. The van der Waals surface area contributed by atoms with E-state index in [-0.39, 0.29) is 5.91 Å². The van der Waals surface area contributed by atoms with Gasteiger partial charge in [-0.3, -0.25) is 14.4 Å². The number of hydrogen-bond donors (Lipinski definition) is 1. The molecule has 6 heteroatoms. The number of benzene rings is 1. The van der Waals surface area contributed by atoms with Gasteiger partial charge in [-0.2, -0.15) is 5.10 Å². The van der Waals surface area contributed by atoms with Crippen LogP contribution in [0.3, 0.4) is 0 Å². The number of carbonyl (C=O) groups excluding carboxylic acids is 1. The molecule has 0 aliphatic carbocycles. The van der Waals surface area contributed by atoms with Crippen molar-refractivity contribution in [3.63, 3.8) is 0 Å². The van der Waals surface area contributed by atoms with Crippen LogP contribution in [0.25, 0.3) is 0 Å². The fourth-order valence-electron chi connectivity index (χ4n) is 2.47. The SMILES string of the molecule is Cc1nn(C)c(Cl)c1C(=O)NCc1cccc(CN(C)C(C)C)c1. The minimum absolute atomic E-state index is 0.199. The maximum Gasteiger partial charge on any atom is 0.256 e. The minimum atomic E-state index is -0.199. The molecular formula is C18H25ClN4O. The van der Waals surface area contributed by atoms with Crippen molar-refractivity contribution in [2.45, 2.75) is 39.9 Å². The zero-order valence-corrected chi connectivity index (χ0v) is 15.7. The quantitative estimate of drug-likeness (QED) is 0.872. The van der Waals surface area contributed by atoms with Gasteiger partial charge in [0.25, 0.3) is 5.91 Å². The van der Waals surface area contributed by atoms with Crippen molar-refractivity contribution in [3.05, 3.63) is 51.8 Å². The molecule has 0 bridgehead atoms. The summed E-state index contributed by atoms with van der Waals surface area (Å²) in [5, 5.41) is 7.45. The average Bonchev–Trinajstić information content (AvgIpc) is 2.78. The van der Waals surface area contributed by atoms with Gasteiger partial charge in [-0.15, -0.1) is 0 Å². The molecule has 0 atom stereocenters. The highest BCUT2D eigenvalue weighted by Gasteiger charge is 2.18. The molecule has 0 spiro atoms. The first kappa shape index (κ1) is 18.5. The summed E-state index contributed by atoms with van der Waals surface area (Å²) in [6.45, 7) is 7.47. The minimum Gasteiger partial charge on any atom is -0.348 e. The molecule has 1 aromatic carbocycles. The third kappa shape index (κ3) is 4.36. The van der Waals surface area contributed by atoms with Gasteiger partial charge in [0.2, 0.25) is 0 Å². The van der Waals surface area contributed by atoms with Gasteiger partial charge in [-0.05, 0) is 38.9 Å². The van der Waals surface area contributed by atoms with Crippen molar-refractivity contribution in [1.29, 1.82) is 0 Å². The van der Waals surface area contributed by atoms with Gasteiger partial charge in [-0.25, -0.2) is 0 Å². The van der Waals surface area contributed by atoms with Crippen LogP contribution < -0.4 is 5.32 Å². The van der Waals surface area contributed by atoms with E-state index in [2.05, 4.69) is 48.3 Å². The third-order valence-electron chi connectivity index (χ3n) is 4.14. The topological polar surface area (TPSA) is 50.2 Å². The lowest BCUT2D eigenvalue weighted by molar-refractivity contribution is 0.0950. The molecule has 5 nitrogen and oxygen atoms in total. The Morgan fingerprint density at radius 3 is 2.62 bits per heavy atom. The molecule has 0 aliphatic heterocycles. The van der Waals surface area contributed by atoms with Crippen molar-refractivity contribution in [2.24, 2.45) is 7.05 Å². The summed E-state index contributed by atoms with van der Waals surface area (Å²) in [5.74, 6) is -0.199. The monoisotopic (exact) mass is 348 g/mol. The van der Waals surface area contributed by atoms with Gasteiger partial charge < -0.3 is 5.32 Å². The molecule has 130 valence electrons. The smallest absolute Gasteiger partial charge is 0.256 e. The summed E-state index contributed by atoms with van der Waals surface area (Å²) in [6.07, 6.45) is 0. The summed E-state index contributed by atoms with van der Waals surface area (Å²) in [7, 11) is 3.83. The molecule has 0 saturated heterocycles. The van der Waals surface area contributed by atoms with Gasteiger partial charge in [0.05, 0.1) is 11.3 Å². The van der Waals surface area contributed by atoms with Crippen molar-refractivity contribution >= 4 is 17.5 Å². The second-order valence-corrected chi connectivity index (χ2v) is 6.74. The van der Waals surface area contributed by atoms with Crippen molar-refractivity contribution < 1.29 is 4.79 Å². The van der Waals surface area contributed by atoms with E-state index in [9.17, 15) is 4.79 Å². The van der Waals surface area contributed by atoms with E-state index in [1.165, 1.54) is 10.2 Å². The van der Waals surface area contributed by atoms with Crippen LogP contribution in [0.1, 0.15) is 41.0 Å². The number of aryl methyl sites for hydroxylation is 2. The fourth-order valence-corrected chi connectivity index (χ4v) is 2.73. The second kappa shape index (κ2) is 7.81. The van der Waals surface area contributed by atoms with E-state index in [1.54, 1.807) is 14.0 Å². The maximum absolute atomic E-state index is 12.4. The predicted molar refractivity (Wildman–Crippen MR) is 97.2 cm³/mol. The van der Waals surface area contributed by atoms with Crippen LogP contribution in [-0.4, -0.2) is 33.7 Å². The Bertz CT molecular complexity index is 724. The van der Waals surface area contributed by atoms with E-state index < -0.39 is 0 Å². The van der Waals surface area contributed by atoms with Crippen LogP contribution >= 0.6 is 11.6 Å². The Hall–Kier alpha value is -1.85. The van der Waals surface area contributed by atoms with E-state index in [4.69, 9.17) is 11.6 Å². The van der Waals surface area contributed by atoms with Gasteiger partial charge in [0.15, 0.2) is 0 Å². The number of carbonyl (C=O) groups is 1. The number of aromatic nitrogens is 2. The maximum atomic E-state index is 12.4. The molecule has 0 saturated carbocycles. The molecule has 0 fully saturated rings. The number of nitrogens with one attached hydrogen (secondary N) is 1. The van der Waals surface area contributed by atoms with Gasteiger partial charge >= 0.3 is 0 Å². The van der Waals surface area contributed by atoms with Crippen molar-refractivity contribution in [1.82, 2.24) is 20.0 Å². The summed E-state index contributed by atoms with van der Waals surface area (Å²) in [6, 6.07) is 8.75. The number of halogens is 1. The van der Waals surface area contributed by atoms with Crippen LogP contribution in [0.5, 0.6) is 0 Å². The van der Waals surface area contributed by atoms with Gasteiger partial charge in [-0.1, -0.05) is 35.9 Å². The Kier molecular flexibility index (Phi) is 6.02. The fraction of sp³-hybridized carbons (Fsp3) is 0.444. The molecule has 0 unspecified atom stereocenters. The summed E-state index contributed by atoms with van der Waals surface area (Å²) in [5.41, 5.74) is 3.37. The third-order valence-corrected chi connectivity index (χ3v) is 4.57. The lowest BCUT2D eigenvalue weighted by atomic mass is 10.1. The molecule has 1 N–H and O–H groups in total. The first-order valence-corrected chi connectivity index (χ1v) is 8.42. The Morgan fingerprint density at radius 1 is 1.38 bits per heavy atom. The van der Waals surface area contributed by atoms with Crippen LogP contribution in [0.4, 0.5) is 0 Å². The molecule has 1 aromatic heterocycles. The largest absolute Gasteiger partial charge is 0.348 e. The zero-order valence-electron chi connectivity index (χ0n) is 14.9. The molecule has 2 rings (SSSR count). The first-order valence-electron chi connectivity index (χ1n) is 8.05. The summed E-state index contributed by atoms with van der Waals surface area (Å²) < 4.78 is 1.51. The van der Waals surface area contributed by atoms with E-state index in [0.29, 0.717) is 29.0 Å². The molecule has 24 heavy (non-hydrogen) atoms. The Balaban J connectivity index is 2.03. The summed E-state index contributed by atoms with van der Waals surface area (Å²) >= 11 is 6.14. The van der Waals surface area contributed by atoms with E-state index in [1.807, 2.05) is 12.1 Å². The molecule has 0 radical (unpaired) electrons. The Morgan fingerprint density at radius 2 is 2.04 bits per heavy atom. The number of nitrogens with zero attached hydrogens (tertiary/aromatic N) is 3. The number of amides is 1. The highest BCUT2D eigenvalue weighted by molar-refractivity contribution is 6.33. The molecular weight excluding hydrogens is 324 g/mol. The van der Waals surface area contributed by atoms with Crippen molar-refractivity contribution in [2.75, 3.05) is 7.05 Å². The van der Waals surface area contributed by atoms with E-state index >= 15 is 0 Å².